The van der Waals surface area contributed by atoms with Gasteiger partial charge in [-0.25, -0.2) is 4.98 Å². The number of pyridine rings is 2. The predicted octanol–water partition coefficient (Wildman–Crippen LogP) is 2.51. The van der Waals surface area contributed by atoms with E-state index in [1.807, 2.05) is 36.9 Å². The first-order chi connectivity index (χ1) is 17.3. The number of aromatic nitrogens is 5. The summed E-state index contributed by atoms with van der Waals surface area (Å²) in [7, 11) is 1.86. The molecule has 0 atom stereocenters. The summed E-state index contributed by atoms with van der Waals surface area (Å²) in [5, 5.41) is 8.11. The Morgan fingerprint density at radius 3 is 2.56 bits per heavy atom. The average molecular weight is 485 g/mol. The Hall–Kier alpha value is -4.05. The minimum atomic E-state index is -0.534. The second kappa shape index (κ2) is 8.56. The van der Waals surface area contributed by atoms with Crippen molar-refractivity contribution >= 4 is 28.5 Å². The summed E-state index contributed by atoms with van der Waals surface area (Å²) in [6, 6.07) is 5.60. The molecule has 36 heavy (non-hydrogen) atoms. The first kappa shape index (κ1) is 22.4. The highest BCUT2D eigenvalue weighted by Gasteiger charge is 2.37. The number of anilines is 1. The van der Waals surface area contributed by atoms with Crippen LogP contribution in [-0.4, -0.2) is 60.7 Å². The maximum Gasteiger partial charge on any atom is 0.250 e. The molecule has 3 aliphatic rings. The zero-order chi connectivity index (χ0) is 25.0. The lowest BCUT2D eigenvalue weighted by atomic mass is 9.71. The predicted molar refractivity (Wildman–Crippen MR) is 136 cm³/mol. The number of amides is 2. The van der Waals surface area contributed by atoms with Gasteiger partial charge in [0, 0.05) is 43.5 Å². The van der Waals surface area contributed by atoms with Crippen LogP contribution in [0.5, 0.6) is 0 Å². The van der Waals surface area contributed by atoms with Crippen LogP contribution >= 0.6 is 0 Å². The number of nitrogens with one attached hydrogen (secondary N) is 1. The van der Waals surface area contributed by atoms with Crippen molar-refractivity contribution in [1.82, 2.24) is 29.2 Å². The second-order valence-electron chi connectivity index (χ2n) is 10.0. The fourth-order valence-corrected chi connectivity index (χ4v) is 5.56. The van der Waals surface area contributed by atoms with Crippen LogP contribution < -0.4 is 11.1 Å². The fourth-order valence-electron chi connectivity index (χ4n) is 5.56. The Kier molecular flexibility index (Phi) is 5.33. The van der Waals surface area contributed by atoms with E-state index in [9.17, 15) is 9.59 Å². The molecular formula is C26H28N8O2. The van der Waals surface area contributed by atoms with E-state index < -0.39 is 5.91 Å². The van der Waals surface area contributed by atoms with E-state index >= 15 is 0 Å². The van der Waals surface area contributed by atoms with Crippen molar-refractivity contribution in [2.75, 3.05) is 25.0 Å². The Labute approximate surface area is 208 Å². The summed E-state index contributed by atoms with van der Waals surface area (Å²) < 4.78 is 3.71. The highest BCUT2D eigenvalue weighted by atomic mass is 16.2. The maximum atomic E-state index is 12.8. The van der Waals surface area contributed by atoms with Gasteiger partial charge in [0.1, 0.15) is 5.65 Å². The Balaban J connectivity index is 1.37. The van der Waals surface area contributed by atoms with E-state index in [0.717, 1.165) is 53.0 Å². The van der Waals surface area contributed by atoms with Crippen molar-refractivity contribution in [2.24, 2.45) is 24.6 Å². The fraction of sp³-hybridized carbons (Fsp3) is 0.346. The molecule has 0 unspecified atom stereocenters. The van der Waals surface area contributed by atoms with Gasteiger partial charge < -0.3 is 11.1 Å². The highest BCUT2D eigenvalue weighted by Crippen LogP contribution is 2.39. The molecule has 0 aromatic carbocycles. The zero-order valence-electron chi connectivity index (χ0n) is 20.3. The summed E-state index contributed by atoms with van der Waals surface area (Å²) >= 11 is 0. The van der Waals surface area contributed by atoms with Crippen LogP contribution in [0.3, 0.4) is 0 Å². The van der Waals surface area contributed by atoms with Gasteiger partial charge in [-0.15, -0.1) is 0 Å². The van der Waals surface area contributed by atoms with Gasteiger partial charge in [0.05, 0.1) is 47.3 Å². The highest BCUT2D eigenvalue weighted by molar-refractivity contribution is 5.97. The van der Waals surface area contributed by atoms with Crippen LogP contribution in [0.2, 0.25) is 0 Å². The molecule has 0 spiro atoms. The standard InChI is InChI=1S/C26H28N8O2/c1-15-22(7-21(10-28-15)31-24(35)14-33-11-16-3-17(4-16)12-33)34-23(20-9-30-32(2)13-20)6-18-5-19(25(27)36)8-29-26(18)34/h5-10,13,16-17H,3-4,11-12,14H2,1-2H3,(H2,27,36)(H,31,35). The van der Waals surface area contributed by atoms with Crippen LogP contribution in [0.1, 0.15) is 28.9 Å². The van der Waals surface area contributed by atoms with Crippen molar-refractivity contribution in [1.29, 1.82) is 0 Å². The largest absolute Gasteiger partial charge is 0.366 e. The van der Waals surface area contributed by atoms with Crippen molar-refractivity contribution in [3.8, 4) is 16.9 Å². The molecular weight excluding hydrogens is 456 g/mol. The summed E-state index contributed by atoms with van der Waals surface area (Å²) in [4.78, 5) is 36.0. The number of primary amides is 1. The summed E-state index contributed by atoms with van der Waals surface area (Å²) in [6.45, 7) is 4.31. The van der Waals surface area contributed by atoms with Crippen LogP contribution in [0.4, 0.5) is 5.69 Å². The lowest BCUT2D eigenvalue weighted by Crippen LogP contribution is -2.50. The van der Waals surface area contributed by atoms with Crippen LogP contribution in [-0.2, 0) is 11.8 Å². The van der Waals surface area contributed by atoms with Crippen molar-refractivity contribution in [3.63, 3.8) is 0 Å². The topological polar surface area (TPSA) is 124 Å². The molecule has 2 saturated heterocycles. The number of nitrogens with two attached hydrogens (primary N) is 1. The molecule has 2 amide bonds. The molecule has 4 aromatic heterocycles. The Morgan fingerprint density at radius 1 is 1.08 bits per heavy atom. The monoisotopic (exact) mass is 484 g/mol. The lowest BCUT2D eigenvalue weighted by molar-refractivity contribution is -0.119. The van der Waals surface area contributed by atoms with Gasteiger partial charge in [0.2, 0.25) is 11.8 Å². The molecule has 1 saturated carbocycles. The van der Waals surface area contributed by atoms with E-state index in [4.69, 9.17) is 5.73 Å². The number of carbonyl (C=O) groups is 2. The third-order valence-electron chi connectivity index (χ3n) is 7.24. The number of hydrogen-bond donors (Lipinski definition) is 2. The number of nitrogens with zero attached hydrogens (tertiary/aromatic N) is 6. The summed E-state index contributed by atoms with van der Waals surface area (Å²) in [6.07, 6.45) is 9.46. The number of rotatable bonds is 6. The average Bonchev–Trinajstić information content (AvgIpc) is 3.42. The maximum absolute atomic E-state index is 12.8. The van der Waals surface area contributed by atoms with E-state index in [2.05, 4.69) is 25.3 Å². The lowest BCUT2D eigenvalue weighted by Gasteiger charge is -2.46. The molecule has 10 heteroatoms. The van der Waals surface area contributed by atoms with E-state index in [1.54, 1.807) is 23.1 Å². The number of aryl methyl sites for hydroxylation is 2. The Bertz CT molecular complexity index is 1490. The smallest absolute Gasteiger partial charge is 0.250 e. The third kappa shape index (κ3) is 4.03. The van der Waals surface area contributed by atoms with Gasteiger partial charge in [0.25, 0.3) is 0 Å². The first-order valence-corrected chi connectivity index (χ1v) is 12.1. The minimum absolute atomic E-state index is 0.0398. The summed E-state index contributed by atoms with van der Waals surface area (Å²) in [5.74, 6) is 0.926. The molecule has 10 nitrogen and oxygen atoms in total. The van der Waals surface area contributed by atoms with Gasteiger partial charge >= 0.3 is 0 Å². The molecule has 184 valence electrons. The van der Waals surface area contributed by atoms with Gasteiger partial charge in [-0.1, -0.05) is 0 Å². The first-order valence-electron chi connectivity index (χ1n) is 12.1. The second-order valence-corrected chi connectivity index (χ2v) is 10.0. The molecule has 2 aliphatic heterocycles. The number of carbonyl (C=O) groups excluding carboxylic acids is 2. The van der Waals surface area contributed by atoms with E-state index in [1.165, 1.54) is 19.0 Å². The van der Waals surface area contributed by atoms with Gasteiger partial charge in [0.15, 0.2) is 0 Å². The molecule has 4 aromatic rings. The molecule has 6 heterocycles. The molecule has 1 aliphatic carbocycles. The number of piperidine rings is 2. The normalized spacial score (nSPS) is 19.3. The molecule has 0 radical (unpaired) electrons. The molecule has 3 fully saturated rings. The van der Waals surface area contributed by atoms with Gasteiger partial charge in [-0.3, -0.25) is 28.7 Å². The van der Waals surface area contributed by atoms with Gasteiger partial charge in [-0.2, -0.15) is 5.10 Å². The minimum Gasteiger partial charge on any atom is -0.366 e. The number of fused-ring (bicyclic) bond motifs is 3. The van der Waals surface area contributed by atoms with Crippen LogP contribution in [0.15, 0.2) is 43.0 Å². The Morgan fingerprint density at radius 2 is 1.86 bits per heavy atom. The molecule has 2 bridgehead atoms. The number of hydrogen-bond acceptors (Lipinski definition) is 6. The zero-order valence-corrected chi connectivity index (χ0v) is 20.3. The van der Waals surface area contributed by atoms with Crippen molar-refractivity contribution in [3.05, 3.63) is 54.2 Å². The molecule has 7 rings (SSSR count). The van der Waals surface area contributed by atoms with Crippen LogP contribution in [0.25, 0.3) is 28.0 Å². The van der Waals surface area contributed by atoms with Crippen LogP contribution in [0, 0.1) is 18.8 Å². The molecule has 3 N–H and O–H groups in total. The van der Waals surface area contributed by atoms with Gasteiger partial charge in [-0.05, 0) is 49.8 Å². The van der Waals surface area contributed by atoms with Crippen molar-refractivity contribution < 1.29 is 9.59 Å². The SMILES string of the molecule is Cc1ncc(NC(=O)CN2CC3CC(C3)C2)cc1-n1c(-c2cnn(C)c2)cc2cc(C(N)=O)cnc21. The van der Waals surface area contributed by atoms with Crippen molar-refractivity contribution in [2.45, 2.75) is 19.8 Å². The van der Waals surface area contributed by atoms with E-state index in [0.29, 0.717) is 23.4 Å². The third-order valence-corrected chi connectivity index (χ3v) is 7.24. The quantitative estimate of drug-likeness (QED) is 0.433. The summed E-state index contributed by atoms with van der Waals surface area (Å²) in [5.41, 5.74) is 10.4. The van der Waals surface area contributed by atoms with E-state index in [-0.39, 0.29) is 5.91 Å².